The summed E-state index contributed by atoms with van der Waals surface area (Å²) in [5.41, 5.74) is 3.03. The van der Waals surface area contributed by atoms with E-state index in [-0.39, 0.29) is 18.1 Å². The third kappa shape index (κ3) is 7.25. The van der Waals surface area contributed by atoms with Crippen LogP contribution in [0.25, 0.3) is 21.9 Å². The van der Waals surface area contributed by atoms with Gasteiger partial charge in [-0.15, -0.1) is 0 Å². The van der Waals surface area contributed by atoms with E-state index in [4.69, 9.17) is 18.6 Å². The molecule has 41 heavy (non-hydrogen) atoms. The number of esters is 1. The number of rotatable bonds is 12. The van der Waals surface area contributed by atoms with Crippen molar-refractivity contribution in [1.29, 1.82) is 0 Å². The largest absolute Gasteiger partial charge is 0.491 e. The lowest BCUT2D eigenvalue weighted by Gasteiger charge is -2.28. The summed E-state index contributed by atoms with van der Waals surface area (Å²) < 4.78 is 22.7. The zero-order chi connectivity index (χ0) is 28.8. The molecule has 212 valence electrons. The molecule has 7 heteroatoms. The summed E-state index contributed by atoms with van der Waals surface area (Å²) in [6.07, 6.45) is 0.0938. The summed E-state index contributed by atoms with van der Waals surface area (Å²) in [5, 5.41) is 16.1. The predicted molar refractivity (Wildman–Crippen MR) is 160 cm³/mol. The summed E-state index contributed by atoms with van der Waals surface area (Å²) in [5.74, 6) is 1.69. The first-order valence-electron chi connectivity index (χ1n) is 13.8. The van der Waals surface area contributed by atoms with Crippen LogP contribution in [0.3, 0.4) is 0 Å². The second-order valence-corrected chi connectivity index (χ2v) is 10.7. The quantitative estimate of drug-likeness (QED) is 0.162. The average molecular weight is 554 g/mol. The van der Waals surface area contributed by atoms with E-state index in [9.17, 15) is 9.90 Å². The highest BCUT2D eigenvalue weighted by atomic mass is 16.5. The number of aliphatic hydroxyl groups is 1. The van der Waals surface area contributed by atoms with Crippen molar-refractivity contribution in [2.45, 2.75) is 38.8 Å². The second kappa shape index (κ2) is 12.5. The third-order valence-electron chi connectivity index (χ3n) is 6.78. The number of para-hydroxylation sites is 1. The van der Waals surface area contributed by atoms with Gasteiger partial charge in [0.15, 0.2) is 0 Å². The monoisotopic (exact) mass is 553 g/mol. The van der Waals surface area contributed by atoms with Crippen LogP contribution in [0.15, 0.2) is 95.4 Å². The van der Waals surface area contributed by atoms with Crippen molar-refractivity contribution in [3.63, 3.8) is 0 Å². The maximum Gasteiger partial charge on any atom is 0.338 e. The smallest absolute Gasteiger partial charge is 0.338 e. The number of β-amino-alcohol motifs (C(OH)–C–C–N with tert-alkyl or cyclic N) is 1. The molecule has 0 aliphatic carbocycles. The number of nitrogens with one attached hydrogen (secondary N) is 1. The Hall–Kier alpha value is -4.33. The molecule has 1 heterocycles. The van der Waals surface area contributed by atoms with E-state index in [2.05, 4.69) is 19.2 Å². The molecular formula is C34H35NO6. The van der Waals surface area contributed by atoms with Crippen LogP contribution < -0.4 is 14.8 Å². The van der Waals surface area contributed by atoms with Gasteiger partial charge in [-0.2, -0.15) is 0 Å². The van der Waals surface area contributed by atoms with Gasteiger partial charge in [0.1, 0.15) is 41.1 Å². The number of aliphatic hydroxyl groups excluding tert-OH is 1. The Balaban J connectivity index is 1.09. The van der Waals surface area contributed by atoms with Gasteiger partial charge >= 0.3 is 5.97 Å². The van der Waals surface area contributed by atoms with E-state index in [0.29, 0.717) is 36.0 Å². The highest BCUT2D eigenvalue weighted by Crippen LogP contribution is 2.31. The summed E-state index contributed by atoms with van der Waals surface area (Å²) >= 11 is 0. The fourth-order valence-electron chi connectivity index (χ4n) is 4.70. The number of ether oxygens (including phenoxy) is 3. The molecule has 5 aromatic rings. The van der Waals surface area contributed by atoms with Crippen LogP contribution in [-0.2, 0) is 11.2 Å². The predicted octanol–water partition coefficient (Wildman–Crippen LogP) is 6.91. The van der Waals surface area contributed by atoms with Gasteiger partial charge in [0.25, 0.3) is 0 Å². The third-order valence-corrected chi connectivity index (χ3v) is 6.78. The van der Waals surface area contributed by atoms with Crippen molar-refractivity contribution in [2.75, 3.05) is 19.8 Å². The molecular weight excluding hydrogens is 518 g/mol. The van der Waals surface area contributed by atoms with Crippen molar-refractivity contribution >= 4 is 27.9 Å². The van der Waals surface area contributed by atoms with Crippen molar-refractivity contribution in [3.05, 3.63) is 102 Å². The van der Waals surface area contributed by atoms with Crippen LogP contribution in [0.1, 0.15) is 36.7 Å². The molecule has 0 unspecified atom stereocenters. The van der Waals surface area contributed by atoms with Gasteiger partial charge in [0.2, 0.25) is 0 Å². The van der Waals surface area contributed by atoms with Gasteiger partial charge in [0.05, 0.1) is 12.2 Å². The Morgan fingerprint density at radius 3 is 2.27 bits per heavy atom. The molecule has 5 rings (SSSR count). The fraction of sp³-hybridized carbons (Fsp3) is 0.265. The summed E-state index contributed by atoms with van der Waals surface area (Å²) in [4.78, 5) is 11.8. The molecule has 0 bridgehead atoms. The molecule has 7 nitrogen and oxygen atoms in total. The molecule has 0 saturated heterocycles. The molecule has 0 aliphatic rings. The Morgan fingerprint density at radius 2 is 1.54 bits per heavy atom. The number of carbonyl (C=O) groups excluding carboxylic acids is 1. The van der Waals surface area contributed by atoms with Gasteiger partial charge in [-0.1, -0.05) is 30.3 Å². The molecule has 2 N–H and O–H groups in total. The van der Waals surface area contributed by atoms with Crippen LogP contribution >= 0.6 is 0 Å². The summed E-state index contributed by atoms with van der Waals surface area (Å²) in [6.45, 7) is 6.90. The zero-order valence-corrected chi connectivity index (χ0v) is 23.6. The molecule has 0 aliphatic heterocycles. The number of benzene rings is 4. The van der Waals surface area contributed by atoms with Gasteiger partial charge in [0, 0.05) is 22.9 Å². The lowest BCUT2D eigenvalue weighted by molar-refractivity contribution is 0.0526. The van der Waals surface area contributed by atoms with Gasteiger partial charge in [-0.25, -0.2) is 4.79 Å². The van der Waals surface area contributed by atoms with Crippen molar-refractivity contribution in [2.24, 2.45) is 0 Å². The van der Waals surface area contributed by atoms with Gasteiger partial charge in [-0.05, 0) is 93.4 Å². The molecule has 0 amide bonds. The normalized spacial score (nSPS) is 12.4. The zero-order valence-electron chi connectivity index (χ0n) is 23.6. The Morgan fingerprint density at radius 1 is 0.878 bits per heavy atom. The maximum absolute atomic E-state index is 11.8. The average Bonchev–Trinajstić information content (AvgIpc) is 3.34. The van der Waals surface area contributed by atoms with E-state index in [0.717, 1.165) is 33.9 Å². The van der Waals surface area contributed by atoms with Gasteiger partial charge < -0.3 is 29.1 Å². The lowest BCUT2D eigenvalue weighted by Crippen LogP contribution is -2.46. The van der Waals surface area contributed by atoms with Crippen LogP contribution in [0, 0.1) is 0 Å². The molecule has 1 atom stereocenters. The first-order valence-corrected chi connectivity index (χ1v) is 13.8. The number of carbonyl (C=O) groups is 1. The Labute approximate surface area is 239 Å². The first kappa shape index (κ1) is 28.2. The van der Waals surface area contributed by atoms with Gasteiger partial charge in [-0.3, -0.25) is 0 Å². The van der Waals surface area contributed by atoms with E-state index in [1.165, 1.54) is 0 Å². The summed E-state index contributed by atoms with van der Waals surface area (Å²) in [7, 11) is 0. The van der Waals surface area contributed by atoms with E-state index in [1.807, 2.05) is 66.7 Å². The molecule has 0 fully saturated rings. The molecule has 4 aromatic carbocycles. The standard InChI is InChI=1S/C34H35NO6/c1-4-38-33(37)24-11-15-27(16-12-24)40-26-13-9-23(10-14-26)20-34(2,3)35-21-25(36)22-39-28-17-18-32-30(19-28)29-7-5-6-8-31(29)41-32/h5-19,25,35-36H,4,20-22H2,1-3H3/t25-/m1/s1. The van der Waals surface area contributed by atoms with Crippen LogP contribution in [0.2, 0.25) is 0 Å². The lowest BCUT2D eigenvalue weighted by atomic mass is 9.94. The summed E-state index contributed by atoms with van der Waals surface area (Å²) in [6, 6.07) is 28.4. The number of hydrogen-bond acceptors (Lipinski definition) is 7. The van der Waals surface area contributed by atoms with Crippen LogP contribution in [0.5, 0.6) is 17.2 Å². The number of hydrogen-bond donors (Lipinski definition) is 2. The number of furan rings is 1. The molecule has 0 saturated carbocycles. The maximum atomic E-state index is 11.8. The SMILES string of the molecule is CCOC(=O)c1ccc(Oc2ccc(CC(C)(C)NC[C@@H](O)COc3ccc4oc5ccccc5c4c3)cc2)cc1. The van der Waals surface area contributed by atoms with E-state index < -0.39 is 6.10 Å². The molecule has 0 spiro atoms. The first-order chi connectivity index (χ1) is 19.8. The fourth-order valence-corrected chi connectivity index (χ4v) is 4.70. The highest BCUT2D eigenvalue weighted by molar-refractivity contribution is 6.05. The van der Waals surface area contributed by atoms with E-state index >= 15 is 0 Å². The Bertz CT molecular complexity index is 1600. The van der Waals surface area contributed by atoms with Crippen LogP contribution in [0.4, 0.5) is 0 Å². The van der Waals surface area contributed by atoms with Crippen molar-refractivity contribution in [1.82, 2.24) is 5.32 Å². The minimum Gasteiger partial charge on any atom is -0.491 e. The Kier molecular flexibility index (Phi) is 8.57. The minimum absolute atomic E-state index is 0.178. The van der Waals surface area contributed by atoms with Crippen LogP contribution in [-0.4, -0.2) is 42.5 Å². The van der Waals surface area contributed by atoms with E-state index in [1.54, 1.807) is 31.2 Å². The minimum atomic E-state index is -0.669. The van der Waals surface area contributed by atoms with Crippen molar-refractivity contribution < 1.29 is 28.5 Å². The molecule has 0 radical (unpaired) electrons. The molecule has 1 aromatic heterocycles. The second-order valence-electron chi connectivity index (χ2n) is 10.7. The topological polar surface area (TPSA) is 90.2 Å². The number of fused-ring (bicyclic) bond motifs is 3. The van der Waals surface area contributed by atoms with Crippen molar-refractivity contribution in [3.8, 4) is 17.2 Å². The highest BCUT2D eigenvalue weighted by Gasteiger charge is 2.20.